The van der Waals surface area contributed by atoms with Gasteiger partial charge in [-0.1, -0.05) is 48.9 Å². The van der Waals surface area contributed by atoms with Crippen LogP contribution >= 0.6 is 0 Å². The number of Topliss-reactive ketones (excluding diaryl/α,β-unsaturated/α-hetero) is 2. The van der Waals surface area contributed by atoms with Gasteiger partial charge < -0.3 is 20.5 Å². The van der Waals surface area contributed by atoms with Crippen LogP contribution in [0.2, 0.25) is 0 Å². The maximum absolute atomic E-state index is 14.2. The number of carbonyl (C=O) groups is 3. The minimum Gasteiger partial charge on any atom is -0.388 e. The SMILES string of the molecule is CC1=C(C)[C@H]2[C@H](Cc3c[nH]c4ccccc34)NC(=O)[C@]23C(=O)CC[C@@H](O)C(=O)/C(C)=C/[C@@H](C)C/C=C/[C@H]3[C@@H]1O. The van der Waals surface area contributed by atoms with Gasteiger partial charge in [0.1, 0.15) is 17.3 Å². The molecular weight excluding hydrogens is 492 g/mol. The third kappa shape index (κ3) is 4.42. The van der Waals surface area contributed by atoms with Crippen molar-refractivity contribution in [2.24, 2.45) is 23.2 Å². The zero-order valence-corrected chi connectivity index (χ0v) is 23.0. The van der Waals surface area contributed by atoms with Crippen LogP contribution in [0.25, 0.3) is 10.9 Å². The molecule has 1 aromatic heterocycles. The molecule has 7 atom stereocenters. The normalized spacial score (nSPS) is 36.3. The zero-order valence-electron chi connectivity index (χ0n) is 23.0. The molecule has 1 aromatic carbocycles. The second kappa shape index (κ2) is 10.4. The Balaban J connectivity index is 1.61. The number of hydrogen-bond donors (Lipinski definition) is 4. The summed E-state index contributed by atoms with van der Waals surface area (Å²) in [5, 5.41) is 26.4. The highest BCUT2D eigenvalue weighted by Gasteiger charge is 2.66. The Labute approximate surface area is 229 Å². The molecule has 0 radical (unpaired) electrons. The molecule has 3 aliphatic rings. The average molecular weight is 531 g/mol. The number of aliphatic hydroxyl groups is 2. The molecule has 0 unspecified atom stereocenters. The Morgan fingerprint density at radius 3 is 2.56 bits per heavy atom. The molecule has 7 nitrogen and oxygen atoms in total. The Kier molecular flexibility index (Phi) is 7.25. The van der Waals surface area contributed by atoms with Crippen LogP contribution in [-0.2, 0) is 20.8 Å². The van der Waals surface area contributed by atoms with Gasteiger partial charge in [0.15, 0.2) is 5.78 Å². The zero-order chi connectivity index (χ0) is 28.1. The molecule has 39 heavy (non-hydrogen) atoms. The first kappa shape index (κ1) is 27.3. The molecule has 2 aromatic rings. The van der Waals surface area contributed by atoms with Crippen molar-refractivity contribution in [3.05, 3.63) is 71.0 Å². The van der Waals surface area contributed by atoms with Gasteiger partial charge in [0, 0.05) is 41.4 Å². The van der Waals surface area contributed by atoms with Gasteiger partial charge in [-0.2, -0.15) is 0 Å². The summed E-state index contributed by atoms with van der Waals surface area (Å²) in [4.78, 5) is 44.4. The topological polar surface area (TPSA) is 119 Å². The minimum atomic E-state index is -1.53. The van der Waals surface area contributed by atoms with Crippen molar-refractivity contribution in [3.8, 4) is 0 Å². The monoisotopic (exact) mass is 530 g/mol. The molecule has 5 rings (SSSR count). The van der Waals surface area contributed by atoms with Gasteiger partial charge >= 0.3 is 0 Å². The fourth-order valence-electron chi connectivity index (χ4n) is 7.16. The van der Waals surface area contributed by atoms with Crippen molar-refractivity contribution >= 4 is 28.4 Å². The number of aromatic amines is 1. The lowest BCUT2D eigenvalue weighted by Gasteiger charge is -2.46. The lowest BCUT2D eigenvalue weighted by molar-refractivity contribution is -0.148. The maximum atomic E-state index is 14.2. The number of benzene rings is 1. The summed E-state index contributed by atoms with van der Waals surface area (Å²) in [5.41, 5.74) is 2.61. The molecular formula is C32H38N2O5. The largest absolute Gasteiger partial charge is 0.388 e. The number of ketones is 2. The average Bonchev–Trinajstić information content (AvgIpc) is 3.45. The molecule has 7 heteroatoms. The van der Waals surface area contributed by atoms with E-state index >= 15 is 0 Å². The Hall–Kier alpha value is -3.29. The van der Waals surface area contributed by atoms with Gasteiger partial charge in [0.05, 0.1) is 6.10 Å². The first-order chi connectivity index (χ1) is 18.6. The fraction of sp³-hybridized carbons (Fsp3) is 0.469. The third-order valence-corrected chi connectivity index (χ3v) is 9.28. The van der Waals surface area contributed by atoms with E-state index in [0.717, 1.165) is 27.6 Å². The molecule has 206 valence electrons. The van der Waals surface area contributed by atoms with Crippen molar-refractivity contribution in [3.63, 3.8) is 0 Å². The first-order valence-corrected chi connectivity index (χ1v) is 13.9. The maximum Gasteiger partial charge on any atom is 0.235 e. The van der Waals surface area contributed by atoms with Gasteiger partial charge in [-0.15, -0.1) is 0 Å². The van der Waals surface area contributed by atoms with Gasteiger partial charge in [0.2, 0.25) is 5.91 Å². The molecule has 2 aliphatic carbocycles. The number of amides is 1. The predicted octanol–water partition coefficient (Wildman–Crippen LogP) is 3.96. The quantitative estimate of drug-likeness (QED) is 0.346. The summed E-state index contributed by atoms with van der Waals surface area (Å²) >= 11 is 0. The summed E-state index contributed by atoms with van der Waals surface area (Å²) in [6, 6.07) is 7.63. The second-order valence-electron chi connectivity index (χ2n) is 11.7. The van der Waals surface area contributed by atoms with Crippen LogP contribution in [0.1, 0.15) is 52.5 Å². The molecule has 0 bridgehead atoms. The summed E-state index contributed by atoms with van der Waals surface area (Å²) in [7, 11) is 0. The van der Waals surface area contributed by atoms with E-state index in [-0.39, 0.29) is 36.5 Å². The van der Waals surface area contributed by atoms with E-state index in [1.54, 1.807) is 6.92 Å². The third-order valence-electron chi connectivity index (χ3n) is 9.28. The van der Waals surface area contributed by atoms with Crippen LogP contribution in [0.4, 0.5) is 0 Å². The Bertz CT molecular complexity index is 1410. The summed E-state index contributed by atoms with van der Waals surface area (Å²) < 4.78 is 0. The molecule has 1 aliphatic heterocycles. The number of allylic oxidation sites excluding steroid dienone is 2. The van der Waals surface area contributed by atoms with Crippen molar-refractivity contribution in [1.29, 1.82) is 0 Å². The number of carbonyl (C=O) groups excluding carboxylic acids is 3. The van der Waals surface area contributed by atoms with Gasteiger partial charge in [0.25, 0.3) is 0 Å². The van der Waals surface area contributed by atoms with Crippen molar-refractivity contribution < 1.29 is 24.6 Å². The number of aliphatic hydroxyl groups excluding tert-OH is 2. The summed E-state index contributed by atoms with van der Waals surface area (Å²) in [5.74, 6) is -2.34. The van der Waals surface area contributed by atoms with Gasteiger partial charge in [-0.3, -0.25) is 14.4 Å². The number of para-hydroxylation sites is 1. The molecule has 1 saturated heterocycles. The highest BCUT2D eigenvalue weighted by Crippen LogP contribution is 2.55. The van der Waals surface area contributed by atoms with E-state index in [0.29, 0.717) is 18.4 Å². The molecule has 1 spiro atoms. The minimum absolute atomic E-state index is 0.00624. The lowest BCUT2D eigenvalue weighted by atomic mass is 9.54. The first-order valence-electron chi connectivity index (χ1n) is 13.9. The van der Waals surface area contributed by atoms with Crippen LogP contribution in [0, 0.1) is 23.2 Å². The van der Waals surface area contributed by atoms with E-state index in [1.165, 1.54) is 0 Å². The molecule has 1 fully saturated rings. The number of aromatic nitrogens is 1. The number of H-pyrrole nitrogens is 1. The van der Waals surface area contributed by atoms with Crippen molar-refractivity contribution in [2.45, 2.75) is 71.6 Å². The van der Waals surface area contributed by atoms with Crippen LogP contribution < -0.4 is 5.32 Å². The number of nitrogens with one attached hydrogen (secondary N) is 2. The highest BCUT2D eigenvalue weighted by molar-refractivity contribution is 6.10. The van der Waals surface area contributed by atoms with Gasteiger partial charge in [-0.25, -0.2) is 0 Å². The van der Waals surface area contributed by atoms with E-state index in [9.17, 15) is 24.6 Å². The number of hydrogen-bond acceptors (Lipinski definition) is 5. The lowest BCUT2D eigenvalue weighted by Crippen LogP contribution is -2.55. The number of fused-ring (bicyclic) bond motifs is 1. The van der Waals surface area contributed by atoms with E-state index in [1.807, 2.05) is 69.5 Å². The van der Waals surface area contributed by atoms with Crippen LogP contribution in [0.3, 0.4) is 0 Å². The van der Waals surface area contributed by atoms with Gasteiger partial charge in [-0.05, 0) is 68.7 Å². The standard InChI is InChI=1S/C32H38N2O5/c1-17-8-7-10-23-30(38)20(4)19(3)28-25(15-21-16-33-24-11-6-5-9-22(21)24)34-31(39)32(23,28)27(36)13-12-26(35)29(37)18(2)14-17/h5-7,9-11,14,16-17,23,25-26,28,30,33,35,38H,8,12-13,15H2,1-4H3,(H,34,39)/b10-7+,18-14+/t17-,23-,25-,26+,28-,30+,32+/m0/s1. The highest BCUT2D eigenvalue weighted by atomic mass is 16.3. The van der Waals surface area contributed by atoms with E-state index in [2.05, 4.69) is 10.3 Å². The fourth-order valence-corrected chi connectivity index (χ4v) is 7.16. The van der Waals surface area contributed by atoms with E-state index < -0.39 is 35.2 Å². The van der Waals surface area contributed by atoms with Crippen LogP contribution in [0.15, 0.2) is 65.4 Å². The molecule has 4 N–H and O–H groups in total. The summed E-state index contributed by atoms with van der Waals surface area (Å²) in [6.07, 6.45) is 6.11. The molecule has 1 amide bonds. The van der Waals surface area contributed by atoms with Crippen molar-refractivity contribution in [1.82, 2.24) is 10.3 Å². The molecule has 2 heterocycles. The van der Waals surface area contributed by atoms with Crippen molar-refractivity contribution in [2.75, 3.05) is 0 Å². The second-order valence-corrected chi connectivity index (χ2v) is 11.7. The predicted molar refractivity (Wildman–Crippen MR) is 150 cm³/mol. The smallest absolute Gasteiger partial charge is 0.235 e. The molecule has 0 saturated carbocycles. The van der Waals surface area contributed by atoms with Crippen LogP contribution in [0.5, 0.6) is 0 Å². The van der Waals surface area contributed by atoms with E-state index in [4.69, 9.17) is 0 Å². The Morgan fingerprint density at radius 2 is 1.79 bits per heavy atom. The Morgan fingerprint density at radius 1 is 1.05 bits per heavy atom. The number of rotatable bonds is 2. The van der Waals surface area contributed by atoms with Crippen LogP contribution in [-0.4, -0.2) is 50.9 Å². The summed E-state index contributed by atoms with van der Waals surface area (Å²) in [6.45, 7) is 7.45.